The highest BCUT2D eigenvalue weighted by atomic mass is 15.2. The minimum Gasteiger partial charge on any atom is -0.313 e. The lowest BCUT2D eigenvalue weighted by Crippen LogP contribution is -2.44. The van der Waals surface area contributed by atoms with E-state index in [1.807, 2.05) is 0 Å². The lowest BCUT2D eigenvalue weighted by atomic mass is 10.1. The molecular weight excluding hydrogens is 186 g/mol. The van der Waals surface area contributed by atoms with Crippen LogP contribution >= 0.6 is 0 Å². The SMILES string of the molecule is CCN(CC1CCCN1)C1CCN(C)C1. The summed E-state index contributed by atoms with van der Waals surface area (Å²) in [5.74, 6) is 0. The summed E-state index contributed by atoms with van der Waals surface area (Å²) in [6.45, 7) is 8.53. The third kappa shape index (κ3) is 2.92. The zero-order valence-corrected chi connectivity index (χ0v) is 10.2. The molecule has 0 amide bonds. The van der Waals surface area contributed by atoms with Crippen LogP contribution in [0.4, 0.5) is 0 Å². The van der Waals surface area contributed by atoms with Gasteiger partial charge in [0.15, 0.2) is 0 Å². The van der Waals surface area contributed by atoms with E-state index in [-0.39, 0.29) is 0 Å². The van der Waals surface area contributed by atoms with E-state index in [1.165, 1.54) is 52.0 Å². The van der Waals surface area contributed by atoms with E-state index in [1.54, 1.807) is 0 Å². The van der Waals surface area contributed by atoms with Crippen LogP contribution in [0.25, 0.3) is 0 Å². The third-order valence-corrected chi connectivity index (χ3v) is 3.91. The summed E-state index contributed by atoms with van der Waals surface area (Å²) in [5, 5.41) is 3.60. The van der Waals surface area contributed by atoms with Gasteiger partial charge in [-0.2, -0.15) is 0 Å². The predicted molar refractivity (Wildman–Crippen MR) is 64.2 cm³/mol. The highest BCUT2D eigenvalue weighted by molar-refractivity contribution is 4.85. The molecule has 0 aliphatic carbocycles. The summed E-state index contributed by atoms with van der Waals surface area (Å²) >= 11 is 0. The Morgan fingerprint density at radius 1 is 1.40 bits per heavy atom. The maximum atomic E-state index is 3.60. The molecule has 2 fully saturated rings. The van der Waals surface area contributed by atoms with E-state index in [4.69, 9.17) is 0 Å². The van der Waals surface area contributed by atoms with Crippen LogP contribution in [-0.2, 0) is 0 Å². The second-order valence-electron chi connectivity index (χ2n) is 5.09. The summed E-state index contributed by atoms with van der Waals surface area (Å²) in [5.41, 5.74) is 0. The van der Waals surface area contributed by atoms with Gasteiger partial charge in [0, 0.05) is 25.2 Å². The van der Waals surface area contributed by atoms with Gasteiger partial charge in [0.25, 0.3) is 0 Å². The molecule has 15 heavy (non-hydrogen) atoms. The van der Waals surface area contributed by atoms with Crippen LogP contribution in [0.15, 0.2) is 0 Å². The fourth-order valence-electron chi connectivity index (χ4n) is 2.94. The average molecular weight is 211 g/mol. The molecule has 88 valence electrons. The van der Waals surface area contributed by atoms with E-state index >= 15 is 0 Å². The number of likely N-dealkylation sites (tertiary alicyclic amines) is 1. The van der Waals surface area contributed by atoms with Gasteiger partial charge in [-0.15, -0.1) is 0 Å². The van der Waals surface area contributed by atoms with Gasteiger partial charge in [-0.1, -0.05) is 6.92 Å². The van der Waals surface area contributed by atoms with E-state index in [2.05, 4.69) is 29.1 Å². The van der Waals surface area contributed by atoms with Crippen LogP contribution in [0.3, 0.4) is 0 Å². The topological polar surface area (TPSA) is 18.5 Å². The van der Waals surface area contributed by atoms with Crippen molar-refractivity contribution in [3.63, 3.8) is 0 Å². The molecule has 1 N–H and O–H groups in total. The Bertz CT molecular complexity index is 189. The van der Waals surface area contributed by atoms with E-state index < -0.39 is 0 Å². The Hall–Kier alpha value is -0.120. The quantitative estimate of drug-likeness (QED) is 0.741. The van der Waals surface area contributed by atoms with Crippen molar-refractivity contribution in [1.82, 2.24) is 15.1 Å². The summed E-state index contributed by atoms with van der Waals surface area (Å²) in [6, 6.07) is 1.57. The standard InChI is InChI=1S/C12H25N3/c1-3-15(9-11-5-4-7-13-11)12-6-8-14(2)10-12/h11-13H,3-10H2,1-2H3. The van der Waals surface area contributed by atoms with Gasteiger partial charge in [-0.05, 0) is 45.9 Å². The van der Waals surface area contributed by atoms with Gasteiger partial charge >= 0.3 is 0 Å². The number of hydrogen-bond donors (Lipinski definition) is 1. The highest BCUT2D eigenvalue weighted by Crippen LogP contribution is 2.16. The van der Waals surface area contributed by atoms with Crippen LogP contribution in [0.5, 0.6) is 0 Å². The molecule has 0 saturated carbocycles. The monoisotopic (exact) mass is 211 g/mol. The fourth-order valence-corrected chi connectivity index (χ4v) is 2.94. The second kappa shape index (κ2) is 5.28. The average Bonchev–Trinajstić information content (AvgIpc) is 2.85. The van der Waals surface area contributed by atoms with E-state index in [0.717, 1.165) is 12.1 Å². The van der Waals surface area contributed by atoms with Crippen LogP contribution in [0, 0.1) is 0 Å². The molecule has 2 aliphatic heterocycles. The number of likely N-dealkylation sites (N-methyl/N-ethyl adjacent to an activating group) is 2. The van der Waals surface area contributed by atoms with Crippen molar-refractivity contribution in [2.24, 2.45) is 0 Å². The molecule has 0 radical (unpaired) electrons. The van der Waals surface area contributed by atoms with Gasteiger partial charge in [-0.3, -0.25) is 4.90 Å². The molecule has 2 unspecified atom stereocenters. The van der Waals surface area contributed by atoms with Crippen LogP contribution in [-0.4, -0.2) is 61.7 Å². The second-order valence-corrected chi connectivity index (χ2v) is 5.09. The van der Waals surface area contributed by atoms with Crippen molar-refractivity contribution in [3.05, 3.63) is 0 Å². The van der Waals surface area contributed by atoms with Gasteiger partial charge < -0.3 is 10.2 Å². The van der Waals surface area contributed by atoms with Crippen LogP contribution in [0.2, 0.25) is 0 Å². The molecule has 2 atom stereocenters. The molecule has 0 bridgehead atoms. The van der Waals surface area contributed by atoms with Crippen molar-refractivity contribution in [3.8, 4) is 0 Å². The number of nitrogens with zero attached hydrogens (tertiary/aromatic N) is 2. The zero-order chi connectivity index (χ0) is 10.7. The molecular formula is C12H25N3. The van der Waals surface area contributed by atoms with Crippen LogP contribution < -0.4 is 5.32 Å². The Balaban J connectivity index is 1.80. The van der Waals surface area contributed by atoms with Crippen molar-refractivity contribution in [1.29, 1.82) is 0 Å². The number of nitrogens with one attached hydrogen (secondary N) is 1. The fraction of sp³-hybridized carbons (Fsp3) is 1.00. The lowest BCUT2D eigenvalue weighted by Gasteiger charge is -2.30. The summed E-state index contributed by atoms with van der Waals surface area (Å²) in [6.07, 6.45) is 4.10. The summed E-state index contributed by atoms with van der Waals surface area (Å²) < 4.78 is 0. The maximum absolute atomic E-state index is 3.60. The first-order chi connectivity index (χ1) is 7.29. The Labute approximate surface area is 93.8 Å². The highest BCUT2D eigenvalue weighted by Gasteiger charge is 2.27. The predicted octanol–water partition coefficient (Wildman–Crippen LogP) is 0.764. The van der Waals surface area contributed by atoms with Gasteiger partial charge in [0.1, 0.15) is 0 Å². The zero-order valence-electron chi connectivity index (χ0n) is 10.2. The van der Waals surface area contributed by atoms with Crippen molar-refractivity contribution < 1.29 is 0 Å². The molecule has 2 aliphatic rings. The van der Waals surface area contributed by atoms with Gasteiger partial charge in [-0.25, -0.2) is 0 Å². The third-order valence-electron chi connectivity index (χ3n) is 3.91. The Kier molecular flexibility index (Phi) is 4.00. The smallest absolute Gasteiger partial charge is 0.0235 e. The molecule has 0 aromatic carbocycles. The van der Waals surface area contributed by atoms with Crippen LogP contribution in [0.1, 0.15) is 26.2 Å². The number of hydrogen-bond acceptors (Lipinski definition) is 3. The van der Waals surface area contributed by atoms with Gasteiger partial charge in [0.2, 0.25) is 0 Å². The first kappa shape index (κ1) is 11.4. The minimum atomic E-state index is 0.760. The molecule has 3 heteroatoms. The summed E-state index contributed by atoms with van der Waals surface area (Å²) in [4.78, 5) is 5.13. The van der Waals surface area contributed by atoms with E-state index in [9.17, 15) is 0 Å². The summed E-state index contributed by atoms with van der Waals surface area (Å²) in [7, 11) is 2.24. The Morgan fingerprint density at radius 2 is 2.27 bits per heavy atom. The molecule has 2 saturated heterocycles. The first-order valence-corrected chi connectivity index (χ1v) is 6.45. The number of rotatable bonds is 4. The first-order valence-electron chi connectivity index (χ1n) is 6.45. The molecule has 2 rings (SSSR count). The molecule has 3 nitrogen and oxygen atoms in total. The molecule has 2 heterocycles. The van der Waals surface area contributed by atoms with Crippen molar-refractivity contribution >= 4 is 0 Å². The minimum absolute atomic E-state index is 0.760. The van der Waals surface area contributed by atoms with Crippen molar-refractivity contribution in [2.45, 2.75) is 38.3 Å². The molecule has 0 spiro atoms. The van der Waals surface area contributed by atoms with E-state index in [0.29, 0.717) is 0 Å². The maximum Gasteiger partial charge on any atom is 0.0235 e. The molecule has 0 aromatic heterocycles. The molecule has 0 aromatic rings. The van der Waals surface area contributed by atoms with Crippen molar-refractivity contribution in [2.75, 3.05) is 39.8 Å². The normalized spacial score (nSPS) is 33.0. The Morgan fingerprint density at radius 3 is 2.80 bits per heavy atom. The largest absolute Gasteiger partial charge is 0.313 e. The lowest BCUT2D eigenvalue weighted by molar-refractivity contribution is 0.191. The van der Waals surface area contributed by atoms with Gasteiger partial charge in [0.05, 0.1) is 0 Å².